The lowest BCUT2D eigenvalue weighted by Gasteiger charge is -2.39. The Bertz CT molecular complexity index is 609. The van der Waals surface area contributed by atoms with Gasteiger partial charge in [0.05, 0.1) is 0 Å². The Morgan fingerprint density at radius 2 is 1.94 bits per heavy atom. The van der Waals surface area contributed by atoms with Crippen molar-refractivity contribution >= 4 is 9.84 Å². The van der Waals surface area contributed by atoms with Gasteiger partial charge in [0.25, 0.3) is 0 Å². The number of sulfone groups is 1. The third-order valence-corrected chi connectivity index (χ3v) is 4.42. The van der Waals surface area contributed by atoms with Crippen LogP contribution in [0.3, 0.4) is 0 Å². The first-order valence-corrected chi connectivity index (χ1v) is 7.26. The Hall–Kier alpha value is -1.21. The van der Waals surface area contributed by atoms with Crippen LogP contribution in [0.1, 0.15) is 24.8 Å². The minimum atomic E-state index is -4.09. The first-order chi connectivity index (χ1) is 8.17. The monoisotopic (exact) mass is 277 g/mol. The highest BCUT2D eigenvalue weighted by atomic mass is 32.2. The topological polar surface area (TPSA) is 80.4 Å². The maximum Gasteiger partial charge on any atom is 0.186 e. The summed E-state index contributed by atoms with van der Waals surface area (Å²) < 4.78 is 50.0. The van der Waals surface area contributed by atoms with Crippen LogP contribution in [0.25, 0.3) is 0 Å². The van der Waals surface area contributed by atoms with Crippen LogP contribution in [0.5, 0.6) is 5.75 Å². The average molecular weight is 277 g/mol. The van der Waals surface area contributed by atoms with Crippen LogP contribution < -0.4 is 5.73 Å². The van der Waals surface area contributed by atoms with E-state index in [1.54, 1.807) is 0 Å². The van der Waals surface area contributed by atoms with Crippen LogP contribution in [-0.2, 0) is 15.4 Å². The molecule has 0 heterocycles. The molecule has 0 saturated heterocycles. The first-order valence-electron chi connectivity index (χ1n) is 5.37. The number of hydrogen-bond donors (Lipinski definition) is 2. The summed E-state index contributed by atoms with van der Waals surface area (Å²) in [5, 5.41) is 9.68. The highest BCUT2D eigenvalue weighted by Crippen LogP contribution is 2.44. The van der Waals surface area contributed by atoms with Gasteiger partial charge in [0, 0.05) is 17.4 Å². The van der Waals surface area contributed by atoms with Crippen LogP contribution in [0, 0.1) is 11.6 Å². The van der Waals surface area contributed by atoms with E-state index in [0.29, 0.717) is 19.1 Å². The molecule has 0 atom stereocenters. The number of rotatable bonds is 2. The Morgan fingerprint density at radius 3 is 2.33 bits per heavy atom. The molecule has 1 fully saturated rings. The molecule has 18 heavy (non-hydrogen) atoms. The Balaban J connectivity index is 2.69. The molecule has 0 bridgehead atoms. The van der Waals surface area contributed by atoms with E-state index in [1.165, 1.54) is 0 Å². The maximum atomic E-state index is 13.8. The van der Waals surface area contributed by atoms with Gasteiger partial charge in [-0.3, -0.25) is 0 Å². The van der Waals surface area contributed by atoms with Crippen LogP contribution in [0.4, 0.5) is 8.78 Å². The lowest BCUT2D eigenvalue weighted by molar-refractivity contribution is 0.240. The number of aromatic hydroxyl groups is 1. The van der Waals surface area contributed by atoms with Gasteiger partial charge in [-0.1, -0.05) is 0 Å². The van der Waals surface area contributed by atoms with E-state index in [-0.39, 0.29) is 5.56 Å². The number of benzene rings is 1. The Kier molecular flexibility index (Phi) is 2.86. The lowest BCUT2D eigenvalue weighted by Crippen LogP contribution is -2.43. The van der Waals surface area contributed by atoms with Crippen molar-refractivity contribution in [2.45, 2.75) is 29.7 Å². The number of halogens is 2. The molecule has 0 amide bonds. The van der Waals surface area contributed by atoms with Crippen molar-refractivity contribution < 1.29 is 22.3 Å². The molecule has 7 heteroatoms. The second kappa shape index (κ2) is 3.89. The second-order valence-electron chi connectivity index (χ2n) is 4.68. The first kappa shape index (κ1) is 13.2. The lowest BCUT2D eigenvalue weighted by atomic mass is 9.72. The molecule has 1 aliphatic rings. The highest BCUT2D eigenvalue weighted by molar-refractivity contribution is 7.90. The quantitative estimate of drug-likeness (QED) is 0.856. The van der Waals surface area contributed by atoms with E-state index in [0.717, 1.165) is 12.5 Å². The van der Waals surface area contributed by atoms with Crippen molar-refractivity contribution in [3.63, 3.8) is 0 Å². The van der Waals surface area contributed by atoms with Crippen LogP contribution in [0.15, 0.2) is 11.0 Å². The molecule has 0 aliphatic heterocycles. The van der Waals surface area contributed by atoms with Crippen molar-refractivity contribution in [2.24, 2.45) is 5.73 Å². The molecule has 0 unspecified atom stereocenters. The SMILES string of the molecule is CS(=O)(=O)c1c(F)cc(C2(N)CCC2)c(O)c1F. The second-order valence-corrected chi connectivity index (χ2v) is 6.63. The molecular formula is C11H13F2NO3S. The molecule has 1 saturated carbocycles. The fraction of sp³-hybridized carbons (Fsp3) is 0.455. The summed E-state index contributed by atoms with van der Waals surface area (Å²) in [5.41, 5.74) is 4.84. The fourth-order valence-electron chi connectivity index (χ4n) is 2.14. The van der Waals surface area contributed by atoms with Gasteiger partial charge >= 0.3 is 0 Å². The predicted octanol–water partition coefficient (Wildman–Crippen LogP) is 1.41. The van der Waals surface area contributed by atoms with Crippen molar-refractivity contribution in [3.05, 3.63) is 23.3 Å². The number of phenolic OH excluding ortho intramolecular Hbond substituents is 1. The zero-order chi connectivity index (χ0) is 13.7. The Morgan fingerprint density at radius 1 is 1.39 bits per heavy atom. The summed E-state index contributed by atoms with van der Waals surface area (Å²) in [6.45, 7) is 0. The molecule has 0 radical (unpaired) electrons. The summed E-state index contributed by atoms with van der Waals surface area (Å²) in [5.74, 6) is -3.57. The number of nitrogens with two attached hydrogens (primary N) is 1. The zero-order valence-electron chi connectivity index (χ0n) is 9.70. The predicted molar refractivity (Wildman–Crippen MR) is 60.8 cm³/mol. The molecule has 0 aromatic heterocycles. The minimum absolute atomic E-state index is 0.0730. The number of phenols is 1. The summed E-state index contributed by atoms with van der Waals surface area (Å²) in [4.78, 5) is -1.12. The molecule has 1 aromatic carbocycles. The van der Waals surface area contributed by atoms with Crippen molar-refractivity contribution in [3.8, 4) is 5.75 Å². The summed E-state index contributed by atoms with van der Waals surface area (Å²) >= 11 is 0. The van der Waals surface area contributed by atoms with Crippen LogP contribution >= 0.6 is 0 Å². The van der Waals surface area contributed by atoms with E-state index < -0.39 is 37.7 Å². The average Bonchev–Trinajstić information content (AvgIpc) is 2.18. The Labute approximate surface area is 103 Å². The maximum absolute atomic E-state index is 13.8. The van der Waals surface area contributed by atoms with Crippen LogP contribution in [0.2, 0.25) is 0 Å². The zero-order valence-corrected chi connectivity index (χ0v) is 10.5. The van der Waals surface area contributed by atoms with E-state index in [2.05, 4.69) is 0 Å². The van der Waals surface area contributed by atoms with Gasteiger partial charge in [0.2, 0.25) is 0 Å². The van der Waals surface area contributed by atoms with Crippen LogP contribution in [-0.4, -0.2) is 19.8 Å². The van der Waals surface area contributed by atoms with Gasteiger partial charge in [-0.15, -0.1) is 0 Å². The third kappa shape index (κ3) is 1.87. The third-order valence-electron chi connectivity index (χ3n) is 3.30. The van der Waals surface area contributed by atoms with E-state index in [1.807, 2.05) is 0 Å². The number of hydrogen-bond acceptors (Lipinski definition) is 4. The molecule has 0 spiro atoms. The van der Waals surface area contributed by atoms with Gasteiger partial charge in [-0.2, -0.15) is 0 Å². The fourth-order valence-corrected chi connectivity index (χ4v) is 2.97. The molecular weight excluding hydrogens is 264 g/mol. The van der Waals surface area contributed by atoms with Gasteiger partial charge in [0.1, 0.15) is 10.7 Å². The molecule has 2 rings (SSSR count). The van der Waals surface area contributed by atoms with Crippen molar-refractivity contribution in [1.29, 1.82) is 0 Å². The van der Waals surface area contributed by atoms with E-state index in [9.17, 15) is 22.3 Å². The highest BCUT2D eigenvalue weighted by Gasteiger charge is 2.39. The summed E-state index contributed by atoms with van der Waals surface area (Å²) in [7, 11) is -4.09. The molecule has 4 nitrogen and oxygen atoms in total. The summed E-state index contributed by atoms with van der Waals surface area (Å²) in [6, 6.07) is 0.813. The van der Waals surface area contributed by atoms with Gasteiger partial charge in [0.15, 0.2) is 21.4 Å². The van der Waals surface area contributed by atoms with Gasteiger partial charge in [-0.25, -0.2) is 17.2 Å². The van der Waals surface area contributed by atoms with Gasteiger partial charge in [-0.05, 0) is 25.3 Å². The summed E-state index contributed by atoms with van der Waals surface area (Å²) in [6.07, 6.45) is 2.47. The minimum Gasteiger partial charge on any atom is -0.505 e. The molecule has 1 aliphatic carbocycles. The van der Waals surface area contributed by atoms with Gasteiger partial charge < -0.3 is 10.8 Å². The largest absolute Gasteiger partial charge is 0.505 e. The van der Waals surface area contributed by atoms with Crippen molar-refractivity contribution in [2.75, 3.05) is 6.26 Å². The van der Waals surface area contributed by atoms with E-state index in [4.69, 9.17) is 5.73 Å². The smallest absolute Gasteiger partial charge is 0.186 e. The normalized spacial score (nSPS) is 18.4. The molecule has 3 N–H and O–H groups in total. The molecule has 1 aromatic rings. The standard InChI is InChI=1S/C11H13F2NO3S/c1-18(16,17)10-7(12)5-6(9(15)8(10)13)11(14)3-2-4-11/h5,15H,2-4,14H2,1H3. The van der Waals surface area contributed by atoms with Crippen molar-refractivity contribution in [1.82, 2.24) is 0 Å². The van der Waals surface area contributed by atoms with E-state index >= 15 is 0 Å². The molecule has 100 valence electrons.